The van der Waals surface area contributed by atoms with E-state index in [9.17, 15) is 14.0 Å². The Bertz CT molecular complexity index is 395. The molecular formula is C10H11FN2O3. The summed E-state index contributed by atoms with van der Waals surface area (Å²) in [6.07, 6.45) is 0. The van der Waals surface area contributed by atoms with Crippen LogP contribution in [-0.2, 0) is 11.3 Å². The Hall–Kier alpha value is -2.11. The maximum atomic E-state index is 12.7. The number of urea groups is 1. The SMILES string of the molecule is O=C(O)CNC(=O)NCc1cccc(F)c1. The molecule has 2 amide bonds. The van der Waals surface area contributed by atoms with Crippen molar-refractivity contribution in [3.05, 3.63) is 35.6 Å². The zero-order valence-electron chi connectivity index (χ0n) is 8.37. The summed E-state index contributed by atoms with van der Waals surface area (Å²) in [5.74, 6) is -1.51. The Balaban J connectivity index is 2.34. The first-order valence-electron chi connectivity index (χ1n) is 4.56. The van der Waals surface area contributed by atoms with E-state index in [1.165, 1.54) is 18.2 Å². The number of hydrogen-bond donors (Lipinski definition) is 3. The quantitative estimate of drug-likeness (QED) is 0.707. The zero-order valence-corrected chi connectivity index (χ0v) is 8.37. The number of rotatable bonds is 4. The van der Waals surface area contributed by atoms with E-state index in [4.69, 9.17) is 5.11 Å². The second-order valence-electron chi connectivity index (χ2n) is 3.06. The van der Waals surface area contributed by atoms with Crippen LogP contribution in [0.5, 0.6) is 0 Å². The van der Waals surface area contributed by atoms with Crippen molar-refractivity contribution in [2.75, 3.05) is 6.54 Å². The van der Waals surface area contributed by atoms with E-state index in [1.807, 2.05) is 0 Å². The Morgan fingerprint density at radius 1 is 1.31 bits per heavy atom. The summed E-state index contributed by atoms with van der Waals surface area (Å²) >= 11 is 0. The molecule has 0 atom stereocenters. The topological polar surface area (TPSA) is 78.4 Å². The molecule has 0 aliphatic rings. The van der Waals surface area contributed by atoms with Crippen molar-refractivity contribution in [1.29, 1.82) is 0 Å². The molecule has 1 rings (SSSR count). The van der Waals surface area contributed by atoms with Gasteiger partial charge in [0.2, 0.25) is 0 Å². The minimum atomic E-state index is -1.12. The molecule has 0 bridgehead atoms. The number of carbonyl (C=O) groups excluding carboxylic acids is 1. The predicted octanol–water partition coefficient (Wildman–Crippen LogP) is 0.709. The van der Waals surface area contributed by atoms with Crippen LogP contribution in [0.4, 0.5) is 9.18 Å². The number of carboxylic acid groups (broad SMARTS) is 1. The van der Waals surface area contributed by atoms with Crippen LogP contribution in [0.1, 0.15) is 5.56 Å². The molecule has 0 saturated carbocycles. The molecule has 0 radical (unpaired) electrons. The van der Waals surface area contributed by atoms with Crippen molar-refractivity contribution in [3.63, 3.8) is 0 Å². The van der Waals surface area contributed by atoms with Crippen LogP contribution in [0.3, 0.4) is 0 Å². The third-order valence-corrected chi connectivity index (χ3v) is 1.74. The molecule has 86 valence electrons. The van der Waals surface area contributed by atoms with Crippen LogP contribution in [-0.4, -0.2) is 23.7 Å². The summed E-state index contributed by atoms with van der Waals surface area (Å²) in [7, 11) is 0. The van der Waals surface area contributed by atoms with E-state index in [0.29, 0.717) is 5.56 Å². The zero-order chi connectivity index (χ0) is 12.0. The molecule has 1 aromatic carbocycles. The maximum Gasteiger partial charge on any atom is 0.323 e. The Kier molecular flexibility index (Phi) is 4.26. The van der Waals surface area contributed by atoms with Crippen LogP contribution in [0, 0.1) is 5.82 Å². The van der Waals surface area contributed by atoms with Crippen LogP contribution in [0.25, 0.3) is 0 Å². The lowest BCUT2D eigenvalue weighted by molar-refractivity contribution is -0.135. The summed E-state index contributed by atoms with van der Waals surface area (Å²) < 4.78 is 12.7. The van der Waals surface area contributed by atoms with Crippen LogP contribution >= 0.6 is 0 Å². The van der Waals surface area contributed by atoms with Crippen molar-refractivity contribution >= 4 is 12.0 Å². The summed E-state index contributed by atoms with van der Waals surface area (Å²) in [6.45, 7) is -0.307. The number of benzene rings is 1. The molecule has 16 heavy (non-hydrogen) atoms. The third kappa shape index (κ3) is 4.41. The fourth-order valence-electron chi connectivity index (χ4n) is 1.05. The van der Waals surface area contributed by atoms with Crippen LogP contribution in [0.15, 0.2) is 24.3 Å². The molecule has 0 fully saturated rings. The predicted molar refractivity (Wildman–Crippen MR) is 54.3 cm³/mol. The summed E-state index contributed by atoms with van der Waals surface area (Å²) in [5, 5.41) is 12.8. The standard InChI is InChI=1S/C10H11FN2O3/c11-8-3-1-2-7(4-8)5-12-10(16)13-6-9(14)15/h1-4H,5-6H2,(H,14,15)(H2,12,13,16). The smallest absolute Gasteiger partial charge is 0.323 e. The Labute approximate surface area is 91.3 Å². The molecule has 0 aromatic heterocycles. The number of carbonyl (C=O) groups is 2. The minimum absolute atomic E-state index is 0.142. The van der Waals surface area contributed by atoms with E-state index in [-0.39, 0.29) is 12.4 Å². The highest BCUT2D eigenvalue weighted by atomic mass is 19.1. The molecule has 0 aliphatic carbocycles. The average Bonchev–Trinajstić information content (AvgIpc) is 2.23. The van der Waals surface area contributed by atoms with Gasteiger partial charge in [0.15, 0.2) is 0 Å². The van der Waals surface area contributed by atoms with Gasteiger partial charge in [0.1, 0.15) is 12.4 Å². The first-order chi connectivity index (χ1) is 7.58. The Morgan fingerprint density at radius 2 is 2.06 bits per heavy atom. The van der Waals surface area contributed by atoms with Gasteiger partial charge in [0.25, 0.3) is 0 Å². The molecule has 6 heteroatoms. The van der Waals surface area contributed by atoms with E-state index in [1.54, 1.807) is 6.07 Å². The van der Waals surface area contributed by atoms with Crippen molar-refractivity contribution in [2.45, 2.75) is 6.54 Å². The molecule has 0 saturated heterocycles. The van der Waals surface area contributed by atoms with Gasteiger partial charge in [-0.05, 0) is 17.7 Å². The van der Waals surface area contributed by atoms with Gasteiger partial charge < -0.3 is 15.7 Å². The van der Waals surface area contributed by atoms with Crippen LogP contribution < -0.4 is 10.6 Å². The van der Waals surface area contributed by atoms with E-state index in [2.05, 4.69) is 10.6 Å². The van der Waals surface area contributed by atoms with Gasteiger partial charge in [0.05, 0.1) is 0 Å². The van der Waals surface area contributed by atoms with Crippen molar-refractivity contribution in [2.24, 2.45) is 0 Å². The van der Waals surface area contributed by atoms with Gasteiger partial charge in [-0.2, -0.15) is 0 Å². The Morgan fingerprint density at radius 3 is 2.69 bits per heavy atom. The molecule has 0 spiro atoms. The first kappa shape index (κ1) is 12.0. The number of amides is 2. The monoisotopic (exact) mass is 226 g/mol. The van der Waals surface area contributed by atoms with Gasteiger partial charge in [0, 0.05) is 6.54 Å². The lowest BCUT2D eigenvalue weighted by Gasteiger charge is -2.05. The third-order valence-electron chi connectivity index (χ3n) is 1.74. The van der Waals surface area contributed by atoms with Crippen molar-refractivity contribution in [3.8, 4) is 0 Å². The molecule has 5 nitrogen and oxygen atoms in total. The molecular weight excluding hydrogens is 215 g/mol. The van der Waals surface area contributed by atoms with Gasteiger partial charge in [-0.25, -0.2) is 9.18 Å². The highest BCUT2D eigenvalue weighted by Gasteiger charge is 2.02. The molecule has 0 aliphatic heterocycles. The number of nitrogens with one attached hydrogen (secondary N) is 2. The highest BCUT2D eigenvalue weighted by Crippen LogP contribution is 2.02. The largest absolute Gasteiger partial charge is 0.480 e. The van der Waals surface area contributed by atoms with Gasteiger partial charge >= 0.3 is 12.0 Å². The van der Waals surface area contributed by atoms with Gasteiger partial charge in [-0.3, -0.25) is 4.79 Å². The number of carboxylic acids is 1. The summed E-state index contributed by atoms with van der Waals surface area (Å²) in [4.78, 5) is 21.2. The fraction of sp³-hybridized carbons (Fsp3) is 0.200. The second-order valence-corrected chi connectivity index (χ2v) is 3.06. The summed E-state index contributed by atoms with van der Waals surface area (Å²) in [5.41, 5.74) is 0.602. The lowest BCUT2D eigenvalue weighted by atomic mass is 10.2. The second kappa shape index (κ2) is 5.69. The number of hydrogen-bond acceptors (Lipinski definition) is 2. The molecule has 0 unspecified atom stereocenters. The normalized spacial score (nSPS) is 9.56. The van der Waals surface area contributed by atoms with Crippen molar-refractivity contribution in [1.82, 2.24) is 10.6 Å². The van der Waals surface area contributed by atoms with E-state index >= 15 is 0 Å². The van der Waals surface area contributed by atoms with E-state index < -0.39 is 18.5 Å². The van der Waals surface area contributed by atoms with Gasteiger partial charge in [-0.1, -0.05) is 12.1 Å². The average molecular weight is 226 g/mol. The molecule has 1 aromatic rings. The number of aliphatic carboxylic acids is 1. The maximum absolute atomic E-state index is 12.7. The molecule has 0 heterocycles. The number of halogens is 1. The molecule has 3 N–H and O–H groups in total. The fourth-order valence-corrected chi connectivity index (χ4v) is 1.05. The summed E-state index contributed by atoms with van der Waals surface area (Å²) in [6, 6.07) is 5.17. The minimum Gasteiger partial charge on any atom is -0.480 e. The lowest BCUT2D eigenvalue weighted by Crippen LogP contribution is -2.37. The van der Waals surface area contributed by atoms with Crippen LogP contribution in [0.2, 0.25) is 0 Å². The highest BCUT2D eigenvalue weighted by molar-refractivity contribution is 5.79. The van der Waals surface area contributed by atoms with E-state index in [0.717, 1.165) is 0 Å². The van der Waals surface area contributed by atoms with Crippen molar-refractivity contribution < 1.29 is 19.1 Å². The van der Waals surface area contributed by atoms with Gasteiger partial charge in [-0.15, -0.1) is 0 Å². The first-order valence-corrected chi connectivity index (χ1v) is 4.56.